The van der Waals surface area contributed by atoms with Crippen molar-refractivity contribution in [3.05, 3.63) is 119 Å². The van der Waals surface area contributed by atoms with Gasteiger partial charge in [0.2, 0.25) is 11.8 Å². The van der Waals surface area contributed by atoms with Gasteiger partial charge in [0.15, 0.2) is 0 Å². The number of phenols is 1. The van der Waals surface area contributed by atoms with Gasteiger partial charge >= 0.3 is 0 Å². The van der Waals surface area contributed by atoms with E-state index in [0.29, 0.717) is 36.9 Å². The fourth-order valence-corrected chi connectivity index (χ4v) is 5.97. The number of hydrogen-bond donors (Lipinski definition) is 4. The van der Waals surface area contributed by atoms with Crippen molar-refractivity contribution < 1.29 is 24.6 Å². The number of allylic oxidation sites excluding steroid dienone is 3. The molecule has 0 bridgehead atoms. The number of benzene rings is 3. The van der Waals surface area contributed by atoms with Crippen molar-refractivity contribution in [1.82, 2.24) is 15.5 Å². The number of phenolic OH excluding ortho intramolecular Hbond substituents is 1. The lowest BCUT2D eigenvalue weighted by Gasteiger charge is -2.36. The van der Waals surface area contributed by atoms with Crippen LogP contribution in [0.5, 0.6) is 5.75 Å². The molecule has 4 N–H and O–H groups in total. The van der Waals surface area contributed by atoms with E-state index in [1.807, 2.05) is 93.6 Å². The monoisotopic (exact) mass is 651 g/mol. The number of aliphatic hydroxyl groups excluding tert-OH is 1. The van der Waals surface area contributed by atoms with Crippen LogP contribution in [-0.4, -0.2) is 63.6 Å². The number of carbonyl (C=O) groups is 3. The first kappa shape index (κ1) is 36.2. The molecule has 4 rings (SSSR count). The van der Waals surface area contributed by atoms with E-state index in [-0.39, 0.29) is 30.5 Å². The molecule has 3 atom stereocenters. The number of aromatic hydroxyl groups is 1. The van der Waals surface area contributed by atoms with Crippen LogP contribution in [0, 0.1) is 12.3 Å². The lowest BCUT2D eigenvalue weighted by molar-refractivity contribution is -0.133. The van der Waals surface area contributed by atoms with E-state index in [0.717, 1.165) is 16.7 Å². The molecule has 0 aromatic heterocycles. The Morgan fingerprint density at radius 3 is 2.21 bits per heavy atom. The predicted molar refractivity (Wildman–Crippen MR) is 190 cm³/mol. The molecule has 1 aliphatic carbocycles. The highest BCUT2D eigenvalue weighted by Crippen LogP contribution is 2.37. The summed E-state index contributed by atoms with van der Waals surface area (Å²) in [4.78, 5) is 41.6. The van der Waals surface area contributed by atoms with Crippen molar-refractivity contribution in [2.24, 2.45) is 5.41 Å². The number of nitrogens with zero attached hydrogens (tertiary/aromatic N) is 1. The van der Waals surface area contributed by atoms with E-state index >= 15 is 0 Å². The summed E-state index contributed by atoms with van der Waals surface area (Å²) < 4.78 is 0. The van der Waals surface area contributed by atoms with Crippen LogP contribution in [0.4, 0.5) is 0 Å². The minimum Gasteiger partial charge on any atom is -0.508 e. The molecule has 254 valence electrons. The summed E-state index contributed by atoms with van der Waals surface area (Å²) in [5.74, 6) is -0.627. The van der Waals surface area contributed by atoms with Gasteiger partial charge in [-0.05, 0) is 82.2 Å². The van der Waals surface area contributed by atoms with Gasteiger partial charge in [0.05, 0.1) is 17.6 Å². The summed E-state index contributed by atoms with van der Waals surface area (Å²) >= 11 is 0. The van der Waals surface area contributed by atoms with E-state index in [1.165, 1.54) is 13.0 Å². The zero-order valence-electron chi connectivity index (χ0n) is 28.7. The second-order valence-electron chi connectivity index (χ2n) is 13.8. The van der Waals surface area contributed by atoms with E-state index in [9.17, 15) is 24.6 Å². The van der Waals surface area contributed by atoms with Crippen molar-refractivity contribution in [2.75, 3.05) is 13.1 Å². The largest absolute Gasteiger partial charge is 0.508 e. The number of carbonyl (C=O) groups excluding carboxylic acids is 3. The van der Waals surface area contributed by atoms with Crippen molar-refractivity contribution in [1.29, 1.82) is 0 Å². The third-order valence-electron chi connectivity index (χ3n) is 8.91. The molecule has 8 heteroatoms. The number of rotatable bonds is 13. The van der Waals surface area contributed by atoms with Gasteiger partial charge < -0.3 is 25.7 Å². The minimum absolute atomic E-state index is 0.0217. The van der Waals surface area contributed by atoms with E-state index in [2.05, 4.69) is 16.7 Å². The SMILES string of the molecule is CC(=O)N(CCC(O)C(Cc1ccccc1)NC(=O)c1cccc(O)c1C)CCC1(C(=O)NC(C)(C)C)C=CC(c2ccccc2)=CC1. The maximum Gasteiger partial charge on any atom is 0.252 e. The van der Waals surface area contributed by atoms with Gasteiger partial charge in [-0.3, -0.25) is 14.4 Å². The Hall–Kier alpha value is -4.69. The maximum absolute atomic E-state index is 13.8. The van der Waals surface area contributed by atoms with Crippen LogP contribution >= 0.6 is 0 Å². The van der Waals surface area contributed by atoms with E-state index in [1.54, 1.807) is 24.0 Å². The molecule has 3 aromatic carbocycles. The molecule has 3 amide bonds. The number of hydrogen-bond acceptors (Lipinski definition) is 5. The summed E-state index contributed by atoms with van der Waals surface area (Å²) in [6, 6.07) is 23.7. The summed E-state index contributed by atoms with van der Waals surface area (Å²) in [6.45, 7) is 9.58. The zero-order chi connectivity index (χ0) is 34.9. The lowest BCUT2D eigenvalue weighted by atomic mass is 9.75. The van der Waals surface area contributed by atoms with Crippen molar-refractivity contribution in [3.63, 3.8) is 0 Å². The average molecular weight is 652 g/mol. The third kappa shape index (κ3) is 9.67. The smallest absolute Gasteiger partial charge is 0.252 e. The highest BCUT2D eigenvalue weighted by atomic mass is 16.3. The van der Waals surface area contributed by atoms with Crippen LogP contribution in [0.15, 0.2) is 97.1 Å². The molecule has 0 fully saturated rings. The maximum atomic E-state index is 13.8. The van der Waals surface area contributed by atoms with Crippen LogP contribution in [0.25, 0.3) is 5.57 Å². The highest BCUT2D eigenvalue weighted by Gasteiger charge is 2.38. The Morgan fingerprint density at radius 2 is 1.60 bits per heavy atom. The van der Waals surface area contributed by atoms with Crippen molar-refractivity contribution >= 4 is 23.3 Å². The summed E-state index contributed by atoms with van der Waals surface area (Å²) in [5.41, 5.74) is 2.58. The first-order valence-electron chi connectivity index (χ1n) is 16.6. The van der Waals surface area contributed by atoms with Gasteiger partial charge in [-0.15, -0.1) is 0 Å². The van der Waals surface area contributed by atoms with Crippen molar-refractivity contribution in [3.8, 4) is 5.75 Å². The van der Waals surface area contributed by atoms with Gasteiger partial charge in [-0.25, -0.2) is 0 Å². The van der Waals surface area contributed by atoms with Gasteiger partial charge in [0.1, 0.15) is 5.75 Å². The fraction of sp³-hybridized carbons (Fsp3) is 0.375. The van der Waals surface area contributed by atoms with Gasteiger partial charge in [0.25, 0.3) is 5.91 Å². The van der Waals surface area contributed by atoms with E-state index in [4.69, 9.17) is 0 Å². The normalized spacial score (nSPS) is 17.2. The first-order chi connectivity index (χ1) is 22.8. The Labute approximate surface area is 284 Å². The minimum atomic E-state index is -0.974. The molecule has 0 aliphatic heterocycles. The van der Waals surface area contributed by atoms with Gasteiger partial charge in [-0.1, -0.05) is 85.0 Å². The Morgan fingerprint density at radius 1 is 0.938 bits per heavy atom. The Kier molecular flexibility index (Phi) is 12.0. The third-order valence-corrected chi connectivity index (χ3v) is 8.91. The Bertz CT molecular complexity index is 1630. The molecule has 0 heterocycles. The number of nitrogens with one attached hydrogen (secondary N) is 2. The molecule has 0 radical (unpaired) electrons. The van der Waals surface area contributed by atoms with Crippen LogP contribution in [0.3, 0.4) is 0 Å². The van der Waals surface area contributed by atoms with Gasteiger partial charge in [0, 0.05) is 36.7 Å². The zero-order valence-corrected chi connectivity index (χ0v) is 28.7. The lowest BCUT2D eigenvalue weighted by Crippen LogP contribution is -2.50. The standard InChI is InChI=1S/C40H49N3O5/c1-28-33(17-12-18-35(28)45)37(47)41-34(27-30-13-8-6-9-14-30)36(46)21-25-43(29(2)44)26-24-40(38(48)42-39(3,4)5)22-19-32(20-23-40)31-15-10-7-11-16-31/h6-20,22,34,36,45-46H,21,23-27H2,1-5H3,(H,41,47)(H,42,48). The van der Waals surface area contributed by atoms with Crippen LogP contribution in [0.1, 0.15) is 74.0 Å². The number of amides is 3. The van der Waals surface area contributed by atoms with Crippen molar-refractivity contribution in [2.45, 2.75) is 78.0 Å². The summed E-state index contributed by atoms with van der Waals surface area (Å²) in [7, 11) is 0. The average Bonchev–Trinajstić information content (AvgIpc) is 3.05. The van der Waals surface area contributed by atoms with Gasteiger partial charge in [-0.2, -0.15) is 0 Å². The molecular formula is C40H49N3O5. The highest BCUT2D eigenvalue weighted by molar-refractivity contribution is 5.96. The van der Waals surface area contributed by atoms with Crippen LogP contribution in [-0.2, 0) is 16.0 Å². The molecule has 1 aliphatic rings. The summed E-state index contributed by atoms with van der Waals surface area (Å²) in [6.07, 6.45) is 6.56. The molecule has 0 spiro atoms. The second kappa shape index (κ2) is 15.9. The first-order valence-corrected chi connectivity index (χ1v) is 16.6. The second-order valence-corrected chi connectivity index (χ2v) is 13.8. The molecule has 48 heavy (non-hydrogen) atoms. The molecule has 0 saturated heterocycles. The summed E-state index contributed by atoms with van der Waals surface area (Å²) in [5, 5.41) is 27.7. The quantitative estimate of drug-likeness (QED) is 0.182. The van der Waals surface area contributed by atoms with Crippen LogP contribution < -0.4 is 10.6 Å². The molecular weight excluding hydrogens is 602 g/mol. The Balaban J connectivity index is 1.48. The predicted octanol–water partition coefficient (Wildman–Crippen LogP) is 5.98. The molecule has 3 unspecified atom stereocenters. The molecule has 8 nitrogen and oxygen atoms in total. The van der Waals surface area contributed by atoms with E-state index < -0.39 is 29.0 Å². The molecule has 3 aromatic rings. The van der Waals surface area contributed by atoms with Crippen LogP contribution in [0.2, 0.25) is 0 Å². The molecule has 0 saturated carbocycles. The topological polar surface area (TPSA) is 119 Å². The fourth-order valence-electron chi connectivity index (χ4n) is 5.97. The number of aliphatic hydroxyl groups is 1.